The Morgan fingerprint density at radius 3 is 2.32 bits per heavy atom. The molecule has 1 amide bonds. The fourth-order valence-electron chi connectivity index (χ4n) is 3.28. The number of anilines is 1. The zero-order valence-electron chi connectivity index (χ0n) is 14.1. The second kappa shape index (κ2) is 6.44. The van der Waals surface area contributed by atoms with Crippen LogP contribution in [-0.4, -0.2) is 10.8 Å². The van der Waals surface area contributed by atoms with Gasteiger partial charge in [0.1, 0.15) is 6.17 Å². The minimum absolute atomic E-state index is 0.0732. The molecule has 3 heteroatoms. The lowest BCUT2D eigenvalue weighted by Gasteiger charge is -2.27. The highest BCUT2D eigenvalue weighted by Gasteiger charge is 2.36. The van der Waals surface area contributed by atoms with Crippen LogP contribution in [0.15, 0.2) is 78.9 Å². The van der Waals surface area contributed by atoms with Crippen molar-refractivity contribution in [3.63, 3.8) is 0 Å². The summed E-state index contributed by atoms with van der Waals surface area (Å²) in [6.07, 6.45) is -0.161. The number of hydrogen-bond donors (Lipinski definition) is 1. The van der Waals surface area contributed by atoms with Gasteiger partial charge in [0.15, 0.2) is 0 Å². The van der Waals surface area contributed by atoms with E-state index in [1.807, 2.05) is 47.4 Å². The number of rotatable bonds is 4. The number of nitrogens with one attached hydrogen (secondary N) is 1. The summed E-state index contributed by atoms with van der Waals surface area (Å²) in [5.41, 5.74) is 5.17. The van der Waals surface area contributed by atoms with Crippen molar-refractivity contribution in [2.24, 2.45) is 0 Å². The van der Waals surface area contributed by atoms with Gasteiger partial charge in [0.05, 0.1) is 0 Å². The van der Waals surface area contributed by atoms with E-state index in [9.17, 15) is 4.79 Å². The molecule has 0 aromatic heterocycles. The van der Waals surface area contributed by atoms with Crippen LogP contribution in [0.2, 0.25) is 0 Å². The Hall–Kier alpha value is -3.07. The highest BCUT2D eigenvalue weighted by Crippen LogP contribution is 2.35. The van der Waals surface area contributed by atoms with Gasteiger partial charge in [-0.05, 0) is 30.7 Å². The molecule has 0 aliphatic carbocycles. The number of hydrogen-bond acceptors (Lipinski definition) is 2. The van der Waals surface area contributed by atoms with Gasteiger partial charge in [0, 0.05) is 23.4 Å². The van der Waals surface area contributed by atoms with E-state index in [-0.39, 0.29) is 12.1 Å². The molecule has 1 aliphatic rings. The summed E-state index contributed by atoms with van der Waals surface area (Å²) in [4.78, 5) is 14.8. The van der Waals surface area contributed by atoms with Gasteiger partial charge in [-0.15, -0.1) is 0 Å². The Labute approximate surface area is 147 Å². The van der Waals surface area contributed by atoms with Crippen LogP contribution in [0.4, 0.5) is 5.69 Å². The average Bonchev–Trinajstić information content (AvgIpc) is 2.91. The first-order chi connectivity index (χ1) is 12.2. The third kappa shape index (κ3) is 3.01. The first-order valence-electron chi connectivity index (χ1n) is 8.49. The summed E-state index contributed by atoms with van der Waals surface area (Å²) in [6, 6.07) is 26.2. The third-order valence-electron chi connectivity index (χ3n) is 4.61. The van der Waals surface area contributed by atoms with Gasteiger partial charge in [-0.3, -0.25) is 4.79 Å². The topological polar surface area (TPSA) is 32.3 Å². The maximum absolute atomic E-state index is 12.9. The maximum atomic E-state index is 12.9. The van der Waals surface area contributed by atoms with Gasteiger partial charge in [-0.2, -0.15) is 0 Å². The molecule has 1 atom stereocenters. The van der Waals surface area contributed by atoms with E-state index in [1.165, 1.54) is 5.56 Å². The largest absolute Gasteiger partial charge is 0.361 e. The van der Waals surface area contributed by atoms with Crippen LogP contribution in [-0.2, 0) is 6.54 Å². The standard InChI is InChI=1S/C22H20N2O/c1-16-11-13-18(14-12-16)23-21-19-9-5-6-10-20(19)22(25)24(21)15-17-7-3-2-4-8-17/h2-14,21,23H,15H2,1H3/t21-/m1/s1. The van der Waals surface area contributed by atoms with Crippen LogP contribution in [0.1, 0.15) is 33.2 Å². The molecule has 0 saturated heterocycles. The van der Waals surface area contributed by atoms with Crippen molar-refractivity contribution in [2.75, 3.05) is 5.32 Å². The molecule has 124 valence electrons. The first-order valence-corrected chi connectivity index (χ1v) is 8.49. The number of carbonyl (C=O) groups is 1. The smallest absolute Gasteiger partial charge is 0.256 e. The van der Waals surface area contributed by atoms with Crippen LogP contribution >= 0.6 is 0 Å². The van der Waals surface area contributed by atoms with E-state index in [0.29, 0.717) is 6.54 Å². The monoisotopic (exact) mass is 328 g/mol. The van der Waals surface area contributed by atoms with Gasteiger partial charge in [-0.25, -0.2) is 0 Å². The van der Waals surface area contributed by atoms with E-state index < -0.39 is 0 Å². The molecule has 0 saturated carbocycles. The van der Waals surface area contributed by atoms with Crippen LogP contribution in [0, 0.1) is 6.92 Å². The molecule has 3 aromatic rings. The Morgan fingerprint density at radius 2 is 1.56 bits per heavy atom. The van der Waals surface area contributed by atoms with Crippen molar-refractivity contribution < 1.29 is 4.79 Å². The summed E-state index contributed by atoms with van der Waals surface area (Å²) < 4.78 is 0. The van der Waals surface area contributed by atoms with E-state index in [2.05, 4.69) is 48.6 Å². The lowest BCUT2D eigenvalue weighted by Crippen LogP contribution is -2.31. The van der Waals surface area contributed by atoms with Crippen LogP contribution in [0.3, 0.4) is 0 Å². The SMILES string of the molecule is Cc1ccc(N[C@H]2c3ccccc3C(=O)N2Cc2ccccc2)cc1. The second-order valence-electron chi connectivity index (χ2n) is 6.42. The number of nitrogens with zero attached hydrogens (tertiary/aromatic N) is 1. The maximum Gasteiger partial charge on any atom is 0.256 e. The molecule has 0 radical (unpaired) electrons. The Balaban J connectivity index is 1.68. The molecular formula is C22H20N2O. The molecule has 1 N–H and O–H groups in total. The van der Waals surface area contributed by atoms with E-state index in [4.69, 9.17) is 0 Å². The van der Waals surface area contributed by atoms with Gasteiger partial charge in [-0.1, -0.05) is 66.2 Å². The highest BCUT2D eigenvalue weighted by atomic mass is 16.2. The molecule has 1 heterocycles. The second-order valence-corrected chi connectivity index (χ2v) is 6.42. The highest BCUT2D eigenvalue weighted by molar-refractivity contribution is 5.99. The zero-order chi connectivity index (χ0) is 17.2. The normalized spacial score (nSPS) is 16.0. The molecule has 4 rings (SSSR count). The van der Waals surface area contributed by atoms with Crippen LogP contribution in [0.5, 0.6) is 0 Å². The molecule has 0 unspecified atom stereocenters. The molecule has 3 aromatic carbocycles. The van der Waals surface area contributed by atoms with Crippen LogP contribution in [0.25, 0.3) is 0 Å². The van der Waals surface area contributed by atoms with Gasteiger partial charge in [0.25, 0.3) is 5.91 Å². The quantitative estimate of drug-likeness (QED) is 0.749. The van der Waals surface area contributed by atoms with Crippen molar-refractivity contribution in [1.82, 2.24) is 4.90 Å². The summed E-state index contributed by atoms with van der Waals surface area (Å²) in [5.74, 6) is 0.0732. The van der Waals surface area contributed by atoms with Crippen molar-refractivity contribution in [2.45, 2.75) is 19.6 Å². The summed E-state index contributed by atoms with van der Waals surface area (Å²) in [7, 11) is 0. The minimum atomic E-state index is -0.161. The summed E-state index contributed by atoms with van der Waals surface area (Å²) >= 11 is 0. The molecule has 1 aliphatic heterocycles. The van der Waals surface area contributed by atoms with Gasteiger partial charge >= 0.3 is 0 Å². The lowest BCUT2D eigenvalue weighted by molar-refractivity contribution is 0.0729. The van der Waals surface area contributed by atoms with Crippen molar-refractivity contribution in [3.8, 4) is 0 Å². The predicted octanol–water partition coefficient (Wildman–Crippen LogP) is 4.76. The van der Waals surface area contributed by atoms with E-state index >= 15 is 0 Å². The number of carbonyl (C=O) groups excluding carboxylic acids is 1. The minimum Gasteiger partial charge on any atom is -0.361 e. The zero-order valence-corrected chi connectivity index (χ0v) is 14.1. The van der Waals surface area contributed by atoms with Crippen LogP contribution < -0.4 is 5.32 Å². The van der Waals surface area contributed by atoms with E-state index in [0.717, 1.165) is 22.4 Å². The number of benzene rings is 3. The molecule has 25 heavy (non-hydrogen) atoms. The Morgan fingerprint density at radius 1 is 0.880 bits per heavy atom. The fourth-order valence-corrected chi connectivity index (χ4v) is 3.28. The van der Waals surface area contributed by atoms with Gasteiger partial charge in [0.2, 0.25) is 0 Å². The van der Waals surface area contributed by atoms with Gasteiger partial charge < -0.3 is 10.2 Å². The number of amides is 1. The van der Waals surface area contributed by atoms with Crippen molar-refractivity contribution in [3.05, 3.63) is 101 Å². The number of fused-ring (bicyclic) bond motifs is 1. The molecular weight excluding hydrogens is 308 g/mol. The Kier molecular flexibility index (Phi) is 3.98. The fraction of sp³-hybridized carbons (Fsp3) is 0.136. The molecule has 0 fully saturated rings. The average molecular weight is 328 g/mol. The molecule has 0 spiro atoms. The third-order valence-corrected chi connectivity index (χ3v) is 4.61. The van der Waals surface area contributed by atoms with E-state index in [1.54, 1.807) is 0 Å². The Bertz CT molecular complexity index is 887. The van der Waals surface area contributed by atoms with Crippen molar-refractivity contribution >= 4 is 11.6 Å². The molecule has 3 nitrogen and oxygen atoms in total. The predicted molar refractivity (Wildman–Crippen MR) is 100 cm³/mol. The molecule has 0 bridgehead atoms. The van der Waals surface area contributed by atoms with Crippen molar-refractivity contribution in [1.29, 1.82) is 0 Å². The lowest BCUT2D eigenvalue weighted by atomic mass is 10.1. The number of aryl methyl sites for hydroxylation is 1. The first kappa shape index (κ1) is 15.5. The summed E-state index contributed by atoms with van der Waals surface area (Å²) in [5, 5.41) is 3.53. The summed E-state index contributed by atoms with van der Waals surface area (Å²) in [6.45, 7) is 2.65.